The van der Waals surface area contributed by atoms with Gasteiger partial charge in [-0.1, -0.05) is 23.7 Å². The molecule has 0 fully saturated rings. The predicted molar refractivity (Wildman–Crippen MR) is 72.4 cm³/mol. The minimum absolute atomic E-state index is 0.0708. The Bertz CT molecular complexity index is 695. The van der Waals surface area contributed by atoms with Gasteiger partial charge in [0.2, 0.25) is 0 Å². The van der Waals surface area contributed by atoms with Crippen molar-refractivity contribution < 1.29 is 13.9 Å². The summed E-state index contributed by atoms with van der Waals surface area (Å²) in [6.45, 7) is -0.230. The number of Topliss-reactive ketones (excluding diaryl/α,β-unsaturated/α-hetero) is 1. The highest BCUT2D eigenvalue weighted by Crippen LogP contribution is 2.17. The molecule has 2 aromatic carbocycles. The molecule has 0 radical (unpaired) electrons. The topological polar surface area (TPSA) is 50.1 Å². The average Bonchev–Trinajstić information content (AvgIpc) is 2.45. The van der Waals surface area contributed by atoms with Crippen molar-refractivity contribution in [3.05, 3.63) is 64.4 Å². The molecule has 0 aromatic heterocycles. The summed E-state index contributed by atoms with van der Waals surface area (Å²) in [5, 5.41) is 9.06. The van der Waals surface area contributed by atoms with E-state index in [-0.39, 0.29) is 23.7 Å². The Morgan fingerprint density at radius 1 is 1.30 bits per heavy atom. The third-order valence-electron chi connectivity index (χ3n) is 2.58. The number of hydrogen-bond donors (Lipinski definition) is 0. The first-order valence-electron chi connectivity index (χ1n) is 5.71. The summed E-state index contributed by atoms with van der Waals surface area (Å²) < 4.78 is 18.5. The lowest BCUT2D eigenvalue weighted by Crippen LogP contribution is -2.11. The maximum absolute atomic E-state index is 13.3. The van der Waals surface area contributed by atoms with Gasteiger partial charge < -0.3 is 4.74 Å². The van der Waals surface area contributed by atoms with Crippen LogP contribution in [0.5, 0.6) is 5.75 Å². The van der Waals surface area contributed by atoms with Crippen LogP contribution in [0.2, 0.25) is 5.02 Å². The molecule has 20 heavy (non-hydrogen) atoms. The molecule has 2 rings (SSSR count). The van der Waals surface area contributed by atoms with Crippen LogP contribution in [-0.2, 0) is 0 Å². The number of ketones is 1. The molecule has 0 aliphatic heterocycles. The van der Waals surface area contributed by atoms with Crippen LogP contribution in [0.4, 0.5) is 4.39 Å². The zero-order valence-electron chi connectivity index (χ0n) is 10.3. The lowest BCUT2D eigenvalue weighted by molar-refractivity contribution is 0.0921. The van der Waals surface area contributed by atoms with Gasteiger partial charge in [-0.3, -0.25) is 4.79 Å². The van der Waals surface area contributed by atoms with Gasteiger partial charge in [0.05, 0.1) is 5.56 Å². The lowest BCUT2D eigenvalue weighted by Gasteiger charge is -2.06. The summed E-state index contributed by atoms with van der Waals surface area (Å²) in [6.07, 6.45) is 0. The molecule has 0 spiro atoms. The van der Waals surface area contributed by atoms with E-state index in [2.05, 4.69) is 0 Å². The maximum Gasteiger partial charge on any atom is 0.200 e. The molecular formula is C15H9ClFNO2. The van der Waals surface area contributed by atoms with Crippen LogP contribution >= 0.6 is 11.6 Å². The van der Waals surface area contributed by atoms with E-state index in [0.29, 0.717) is 10.6 Å². The molecule has 5 heteroatoms. The molecule has 0 saturated heterocycles. The van der Waals surface area contributed by atoms with E-state index >= 15 is 0 Å². The molecule has 0 heterocycles. The second-order valence-corrected chi connectivity index (χ2v) is 4.41. The minimum Gasteiger partial charge on any atom is -0.485 e. The predicted octanol–water partition coefficient (Wildman–Crippen LogP) is 3.61. The number of benzene rings is 2. The third-order valence-corrected chi connectivity index (χ3v) is 2.81. The van der Waals surface area contributed by atoms with E-state index in [1.54, 1.807) is 24.3 Å². The first-order valence-corrected chi connectivity index (χ1v) is 6.09. The number of hydrogen-bond acceptors (Lipinski definition) is 3. The monoisotopic (exact) mass is 289 g/mol. The van der Waals surface area contributed by atoms with Crippen LogP contribution in [-0.4, -0.2) is 12.4 Å². The largest absolute Gasteiger partial charge is 0.485 e. The molecule has 0 aliphatic rings. The van der Waals surface area contributed by atoms with Crippen molar-refractivity contribution >= 4 is 17.4 Å². The summed E-state index contributed by atoms with van der Waals surface area (Å²) in [5.41, 5.74) is 0.352. The molecule has 2 aromatic rings. The maximum atomic E-state index is 13.3. The van der Waals surface area contributed by atoms with E-state index in [4.69, 9.17) is 21.6 Å². The zero-order chi connectivity index (χ0) is 14.5. The summed E-state index contributed by atoms with van der Waals surface area (Å²) in [4.78, 5) is 11.8. The van der Waals surface area contributed by atoms with Gasteiger partial charge in [-0.05, 0) is 24.3 Å². The standard InChI is InChI=1S/C15H9ClFNO2/c16-12-3-1-2-10(6-12)15(19)9-20-13-5-4-11(8-18)14(17)7-13/h1-7H,9H2. The van der Waals surface area contributed by atoms with Gasteiger partial charge in [-0.2, -0.15) is 5.26 Å². The van der Waals surface area contributed by atoms with Crippen molar-refractivity contribution in [2.45, 2.75) is 0 Å². The van der Waals surface area contributed by atoms with Crippen LogP contribution < -0.4 is 4.74 Å². The van der Waals surface area contributed by atoms with Crippen molar-refractivity contribution in [3.63, 3.8) is 0 Å². The summed E-state index contributed by atoms with van der Waals surface area (Å²) in [5.74, 6) is -0.755. The molecule has 0 unspecified atom stereocenters. The molecule has 100 valence electrons. The highest BCUT2D eigenvalue weighted by atomic mass is 35.5. The summed E-state index contributed by atoms with van der Waals surface area (Å²) >= 11 is 5.79. The Kier molecular flexibility index (Phi) is 4.34. The van der Waals surface area contributed by atoms with Gasteiger partial charge in [-0.25, -0.2) is 4.39 Å². The van der Waals surface area contributed by atoms with Crippen molar-refractivity contribution in [1.82, 2.24) is 0 Å². The highest BCUT2D eigenvalue weighted by Gasteiger charge is 2.09. The smallest absolute Gasteiger partial charge is 0.200 e. The van der Waals surface area contributed by atoms with Crippen LogP contribution in [0, 0.1) is 17.1 Å². The number of nitriles is 1. The Balaban J connectivity index is 2.04. The van der Waals surface area contributed by atoms with Gasteiger partial charge in [0.1, 0.15) is 17.6 Å². The number of carbonyl (C=O) groups excluding carboxylic acids is 1. The number of rotatable bonds is 4. The summed E-state index contributed by atoms with van der Waals surface area (Å²) in [6, 6.07) is 12.0. The zero-order valence-corrected chi connectivity index (χ0v) is 11.0. The van der Waals surface area contributed by atoms with Gasteiger partial charge in [-0.15, -0.1) is 0 Å². The van der Waals surface area contributed by atoms with E-state index in [9.17, 15) is 9.18 Å². The number of nitrogens with zero attached hydrogens (tertiary/aromatic N) is 1. The van der Waals surface area contributed by atoms with Gasteiger partial charge in [0, 0.05) is 16.7 Å². The Morgan fingerprint density at radius 3 is 2.75 bits per heavy atom. The van der Waals surface area contributed by atoms with Crippen LogP contribution in [0.15, 0.2) is 42.5 Å². The molecule has 3 nitrogen and oxygen atoms in total. The van der Waals surface area contributed by atoms with Gasteiger partial charge in [0.15, 0.2) is 12.4 Å². The quantitative estimate of drug-likeness (QED) is 0.808. The van der Waals surface area contributed by atoms with Crippen molar-refractivity contribution in [3.8, 4) is 11.8 Å². The van der Waals surface area contributed by atoms with Crippen LogP contribution in [0.3, 0.4) is 0 Å². The molecule has 0 bridgehead atoms. The number of halogens is 2. The van der Waals surface area contributed by atoms with Crippen molar-refractivity contribution in [2.75, 3.05) is 6.61 Å². The van der Waals surface area contributed by atoms with E-state index in [0.717, 1.165) is 6.07 Å². The Labute approximate surface area is 120 Å². The minimum atomic E-state index is -0.680. The highest BCUT2D eigenvalue weighted by molar-refractivity contribution is 6.31. The summed E-state index contributed by atoms with van der Waals surface area (Å²) in [7, 11) is 0. The van der Waals surface area contributed by atoms with E-state index in [1.165, 1.54) is 18.2 Å². The van der Waals surface area contributed by atoms with Crippen LogP contribution in [0.25, 0.3) is 0 Å². The Morgan fingerprint density at radius 2 is 2.10 bits per heavy atom. The fourth-order valence-electron chi connectivity index (χ4n) is 1.57. The molecule has 0 saturated carbocycles. The molecule has 0 atom stereocenters. The normalized spacial score (nSPS) is 9.85. The first kappa shape index (κ1) is 14.0. The molecule has 0 N–H and O–H groups in total. The van der Waals surface area contributed by atoms with Crippen molar-refractivity contribution in [1.29, 1.82) is 5.26 Å². The van der Waals surface area contributed by atoms with Gasteiger partial charge >= 0.3 is 0 Å². The molecule has 0 aliphatic carbocycles. The SMILES string of the molecule is N#Cc1ccc(OCC(=O)c2cccc(Cl)c2)cc1F. The molecular weight excluding hydrogens is 281 g/mol. The third kappa shape index (κ3) is 3.34. The Hall–Kier alpha value is -2.38. The second kappa shape index (κ2) is 6.18. The average molecular weight is 290 g/mol. The fraction of sp³-hybridized carbons (Fsp3) is 0.0667. The van der Waals surface area contributed by atoms with E-state index < -0.39 is 5.82 Å². The fourth-order valence-corrected chi connectivity index (χ4v) is 1.76. The number of carbonyl (C=O) groups is 1. The number of ether oxygens (including phenoxy) is 1. The van der Waals surface area contributed by atoms with Gasteiger partial charge in [0.25, 0.3) is 0 Å². The van der Waals surface area contributed by atoms with E-state index in [1.807, 2.05) is 0 Å². The second-order valence-electron chi connectivity index (χ2n) is 3.98. The molecule has 0 amide bonds. The lowest BCUT2D eigenvalue weighted by atomic mass is 10.1. The first-order chi connectivity index (χ1) is 9.60. The van der Waals surface area contributed by atoms with Crippen LogP contribution in [0.1, 0.15) is 15.9 Å². The van der Waals surface area contributed by atoms with Crippen molar-refractivity contribution in [2.24, 2.45) is 0 Å².